The van der Waals surface area contributed by atoms with E-state index in [4.69, 9.17) is 5.26 Å². The van der Waals surface area contributed by atoms with Crippen LogP contribution >= 0.6 is 0 Å². The van der Waals surface area contributed by atoms with Crippen LogP contribution in [0.2, 0.25) is 0 Å². The predicted octanol–water partition coefficient (Wildman–Crippen LogP) is 1.35. The summed E-state index contributed by atoms with van der Waals surface area (Å²) in [6.07, 6.45) is 0.672. The molecule has 2 heterocycles. The summed E-state index contributed by atoms with van der Waals surface area (Å²) in [5.41, 5.74) is 1.08. The molecular weight excluding hydrogens is 288 g/mol. The first-order chi connectivity index (χ1) is 10.1. The molecule has 0 atom stereocenters. The van der Waals surface area contributed by atoms with Crippen molar-refractivity contribution in [3.05, 3.63) is 47.8 Å². The van der Waals surface area contributed by atoms with Gasteiger partial charge in [-0.2, -0.15) is 14.7 Å². The lowest BCUT2D eigenvalue weighted by molar-refractivity contribution is 0.410. The molecule has 21 heavy (non-hydrogen) atoms. The minimum absolute atomic E-state index is 0.242. The third-order valence-electron chi connectivity index (χ3n) is 3.47. The lowest BCUT2D eigenvalue weighted by atomic mass is 10.3. The number of sulfonamides is 1. The topological polar surface area (TPSA) is 79.0 Å². The summed E-state index contributed by atoms with van der Waals surface area (Å²) >= 11 is 0. The monoisotopic (exact) mass is 302 g/mol. The number of rotatable bonds is 2. The van der Waals surface area contributed by atoms with Crippen LogP contribution in [0, 0.1) is 11.3 Å². The molecule has 0 saturated heterocycles. The van der Waals surface area contributed by atoms with E-state index in [9.17, 15) is 8.42 Å². The summed E-state index contributed by atoms with van der Waals surface area (Å²) in [4.78, 5) is 0.290. The SMILES string of the molecule is N#Cc1cc2n(n1)CCCN(S(=O)(=O)c1ccccc1)C2. The van der Waals surface area contributed by atoms with Gasteiger partial charge in [-0.15, -0.1) is 0 Å². The molecule has 3 rings (SSSR count). The number of aromatic nitrogens is 2. The van der Waals surface area contributed by atoms with Crippen LogP contribution in [0.25, 0.3) is 0 Å². The van der Waals surface area contributed by atoms with E-state index < -0.39 is 10.0 Å². The minimum Gasteiger partial charge on any atom is -0.267 e. The first-order valence-electron chi connectivity index (χ1n) is 6.63. The van der Waals surface area contributed by atoms with Crippen LogP contribution in [0.3, 0.4) is 0 Å². The van der Waals surface area contributed by atoms with E-state index in [1.54, 1.807) is 41.1 Å². The van der Waals surface area contributed by atoms with Crippen molar-refractivity contribution >= 4 is 10.0 Å². The number of aryl methyl sites for hydroxylation is 1. The second-order valence-corrected chi connectivity index (χ2v) is 6.80. The second kappa shape index (κ2) is 5.31. The molecule has 108 valence electrons. The van der Waals surface area contributed by atoms with E-state index in [0.29, 0.717) is 30.1 Å². The third kappa shape index (κ3) is 2.55. The maximum atomic E-state index is 12.7. The number of nitrogens with zero attached hydrogens (tertiary/aromatic N) is 4. The van der Waals surface area contributed by atoms with E-state index in [-0.39, 0.29) is 6.54 Å². The van der Waals surface area contributed by atoms with E-state index in [1.165, 1.54) is 4.31 Å². The summed E-state index contributed by atoms with van der Waals surface area (Å²) in [6.45, 7) is 1.31. The molecule has 0 N–H and O–H groups in total. The Morgan fingerprint density at radius 2 is 1.95 bits per heavy atom. The standard InChI is InChI=1S/C14H14N4O2S/c15-10-12-9-13-11-17(7-4-8-18(13)16-12)21(19,20)14-5-2-1-3-6-14/h1-3,5-6,9H,4,7-8,11H2. The fraction of sp³-hybridized carbons (Fsp3) is 0.286. The van der Waals surface area contributed by atoms with Crippen LogP contribution < -0.4 is 0 Å². The van der Waals surface area contributed by atoms with Gasteiger partial charge in [0.2, 0.25) is 10.0 Å². The van der Waals surface area contributed by atoms with E-state index in [0.717, 1.165) is 5.69 Å². The van der Waals surface area contributed by atoms with Crippen LogP contribution in [0.15, 0.2) is 41.3 Å². The van der Waals surface area contributed by atoms with Gasteiger partial charge in [-0.3, -0.25) is 4.68 Å². The molecule has 0 amide bonds. The summed E-state index contributed by atoms with van der Waals surface area (Å²) < 4.78 is 28.5. The maximum absolute atomic E-state index is 12.7. The molecule has 1 aromatic heterocycles. The molecule has 2 aromatic rings. The summed E-state index contributed by atoms with van der Waals surface area (Å²) in [5, 5.41) is 13.1. The number of fused-ring (bicyclic) bond motifs is 1. The Labute approximate surface area is 123 Å². The van der Waals surface area contributed by atoms with Crippen molar-refractivity contribution in [2.24, 2.45) is 0 Å². The van der Waals surface area contributed by atoms with Gasteiger partial charge >= 0.3 is 0 Å². The van der Waals surface area contributed by atoms with E-state index in [2.05, 4.69) is 5.10 Å². The number of benzene rings is 1. The molecule has 0 saturated carbocycles. The summed E-state index contributed by atoms with van der Waals surface area (Å²) in [6, 6.07) is 12.0. The van der Waals surface area contributed by atoms with Crippen LogP contribution in [-0.2, 0) is 23.1 Å². The number of hydrogen-bond donors (Lipinski definition) is 0. The Balaban J connectivity index is 1.95. The van der Waals surface area contributed by atoms with Crippen molar-refractivity contribution in [2.75, 3.05) is 6.54 Å². The van der Waals surface area contributed by atoms with Crippen molar-refractivity contribution in [2.45, 2.75) is 24.4 Å². The molecule has 0 spiro atoms. The molecule has 0 radical (unpaired) electrons. The van der Waals surface area contributed by atoms with Crippen LogP contribution in [0.5, 0.6) is 0 Å². The van der Waals surface area contributed by atoms with Gasteiger partial charge in [-0.1, -0.05) is 18.2 Å². The van der Waals surface area contributed by atoms with E-state index in [1.807, 2.05) is 6.07 Å². The van der Waals surface area contributed by atoms with Gasteiger partial charge in [0.15, 0.2) is 5.69 Å². The maximum Gasteiger partial charge on any atom is 0.243 e. The van der Waals surface area contributed by atoms with Crippen molar-refractivity contribution in [3.8, 4) is 6.07 Å². The van der Waals surface area contributed by atoms with Gasteiger partial charge in [-0.25, -0.2) is 8.42 Å². The lowest BCUT2D eigenvalue weighted by Crippen LogP contribution is -2.30. The fourth-order valence-corrected chi connectivity index (χ4v) is 3.91. The molecule has 1 aliphatic rings. The van der Waals surface area contributed by atoms with Crippen molar-refractivity contribution < 1.29 is 8.42 Å². The summed E-state index contributed by atoms with van der Waals surface area (Å²) in [5.74, 6) is 0. The average Bonchev–Trinajstić information content (AvgIpc) is 2.78. The Bertz CT molecular complexity index is 790. The van der Waals surface area contributed by atoms with Crippen molar-refractivity contribution in [1.29, 1.82) is 5.26 Å². The predicted molar refractivity (Wildman–Crippen MR) is 75.6 cm³/mol. The molecular formula is C14H14N4O2S. The Kier molecular flexibility index (Phi) is 3.49. The van der Waals surface area contributed by atoms with Crippen LogP contribution in [0.1, 0.15) is 17.8 Å². The zero-order valence-electron chi connectivity index (χ0n) is 11.3. The average molecular weight is 302 g/mol. The van der Waals surface area contributed by atoms with Gasteiger partial charge < -0.3 is 0 Å². The Morgan fingerprint density at radius 1 is 1.19 bits per heavy atom. The fourth-order valence-electron chi connectivity index (χ4n) is 2.43. The highest BCUT2D eigenvalue weighted by molar-refractivity contribution is 7.89. The highest BCUT2D eigenvalue weighted by atomic mass is 32.2. The zero-order valence-corrected chi connectivity index (χ0v) is 12.1. The van der Waals surface area contributed by atoms with Gasteiger partial charge in [0.1, 0.15) is 6.07 Å². The smallest absolute Gasteiger partial charge is 0.243 e. The highest BCUT2D eigenvalue weighted by Crippen LogP contribution is 2.21. The van der Waals surface area contributed by atoms with E-state index >= 15 is 0 Å². The molecule has 1 aliphatic heterocycles. The zero-order chi connectivity index (χ0) is 14.9. The van der Waals surface area contributed by atoms with Crippen LogP contribution in [0.4, 0.5) is 0 Å². The van der Waals surface area contributed by atoms with Crippen molar-refractivity contribution in [1.82, 2.24) is 14.1 Å². The molecule has 0 unspecified atom stereocenters. The molecule has 1 aromatic carbocycles. The third-order valence-corrected chi connectivity index (χ3v) is 5.33. The number of nitriles is 1. The Hall–Kier alpha value is -2.17. The molecule has 6 nitrogen and oxygen atoms in total. The van der Waals surface area contributed by atoms with Gasteiger partial charge in [-0.05, 0) is 24.6 Å². The van der Waals surface area contributed by atoms with Crippen LogP contribution in [-0.4, -0.2) is 29.0 Å². The molecule has 0 bridgehead atoms. The molecule has 7 heteroatoms. The van der Waals surface area contributed by atoms with Gasteiger partial charge in [0.05, 0.1) is 17.1 Å². The lowest BCUT2D eigenvalue weighted by Gasteiger charge is -2.19. The molecule has 0 aliphatic carbocycles. The highest BCUT2D eigenvalue weighted by Gasteiger charge is 2.27. The number of hydrogen-bond acceptors (Lipinski definition) is 4. The quantitative estimate of drug-likeness (QED) is 0.839. The Morgan fingerprint density at radius 3 is 2.67 bits per heavy atom. The largest absolute Gasteiger partial charge is 0.267 e. The molecule has 0 fully saturated rings. The van der Waals surface area contributed by atoms with Crippen molar-refractivity contribution in [3.63, 3.8) is 0 Å². The first-order valence-corrected chi connectivity index (χ1v) is 8.07. The first kappa shape index (κ1) is 13.8. The summed E-state index contributed by atoms with van der Waals surface area (Å²) in [7, 11) is -3.52. The second-order valence-electron chi connectivity index (χ2n) is 4.86. The van der Waals surface area contributed by atoms with Gasteiger partial charge in [0, 0.05) is 13.1 Å². The normalized spacial score (nSPS) is 16.0. The van der Waals surface area contributed by atoms with Gasteiger partial charge in [0.25, 0.3) is 0 Å². The minimum atomic E-state index is -3.52.